The van der Waals surface area contributed by atoms with Gasteiger partial charge in [-0.1, -0.05) is 37.1 Å². The molecular weight excluding hydrogens is 272 g/mol. The molecule has 3 nitrogen and oxygen atoms in total. The molecule has 0 amide bonds. The Morgan fingerprint density at radius 2 is 2.00 bits per heavy atom. The van der Waals surface area contributed by atoms with Crippen LogP contribution in [-0.2, 0) is 13.0 Å². The number of alkyl halides is 2. The third-order valence-corrected chi connectivity index (χ3v) is 3.24. The van der Waals surface area contributed by atoms with Gasteiger partial charge in [-0.3, -0.25) is 0 Å². The number of terminal acetylenes is 1. The number of nitrogens with two attached hydrogens (primary N) is 1. The third-order valence-electron chi connectivity index (χ3n) is 3.24. The molecule has 0 radical (unpaired) electrons. The van der Waals surface area contributed by atoms with Crippen molar-refractivity contribution < 1.29 is 8.78 Å². The average molecular weight is 289 g/mol. The highest BCUT2D eigenvalue weighted by molar-refractivity contribution is 5.71. The van der Waals surface area contributed by atoms with Crippen molar-refractivity contribution in [3.63, 3.8) is 0 Å². The Morgan fingerprint density at radius 1 is 1.33 bits per heavy atom. The summed E-state index contributed by atoms with van der Waals surface area (Å²) in [6.07, 6.45) is 4.56. The maximum atomic E-state index is 12.6. The van der Waals surface area contributed by atoms with E-state index in [0.29, 0.717) is 23.6 Å². The Bertz CT molecular complexity index is 651. The first-order chi connectivity index (χ1) is 10.1. The molecule has 0 atom stereocenters. The summed E-state index contributed by atoms with van der Waals surface area (Å²) in [7, 11) is 0. The first-order valence-electron chi connectivity index (χ1n) is 6.75. The van der Waals surface area contributed by atoms with E-state index < -0.39 is 6.43 Å². The highest BCUT2D eigenvalue weighted by Gasteiger charge is 2.16. The van der Waals surface area contributed by atoms with Gasteiger partial charge in [-0.25, -0.2) is 13.8 Å². The van der Waals surface area contributed by atoms with Crippen LogP contribution in [0.2, 0.25) is 0 Å². The maximum absolute atomic E-state index is 12.6. The minimum atomic E-state index is -2.48. The maximum Gasteiger partial charge on any atom is 0.263 e. The second kappa shape index (κ2) is 6.40. The summed E-state index contributed by atoms with van der Waals surface area (Å²) in [5, 5.41) is 0. The Morgan fingerprint density at radius 3 is 2.52 bits per heavy atom. The van der Waals surface area contributed by atoms with Gasteiger partial charge in [-0.05, 0) is 6.42 Å². The zero-order valence-electron chi connectivity index (χ0n) is 11.8. The predicted molar refractivity (Wildman–Crippen MR) is 79.9 cm³/mol. The molecule has 0 aliphatic carbocycles. The highest BCUT2D eigenvalue weighted by Crippen LogP contribution is 2.29. The number of hydrogen-bond acceptors (Lipinski definition) is 2. The number of aromatic nitrogens is 2. The van der Waals surface area contributed by atoms with E-state index in [1.165, 1.54) is 12.1 Å². The summed E-state index contributed by atoms with van der Waals surface area (Å²) in [4.78, 5) is 4.52. The fraction of sp³-hybridized carbons (Fsp3) is 0.312. The van der Waals surface area contributed by atoms with Crippen LogP contribution in [-0.4, -0.2) is 9.55 Å². The molecule has 5 heteroatoms. The lowest BCUT2D eigenvalue weighted by Gasteiger charge is -2.05. The summed E-state index contributed by atoms with van der Waals surface area (Å²) in [5.41, 5.74) is 7.39. The number of anilines is 1. The van der Waals surface area contributed by atoms with Gasteiger partial charge in [-0.15, -0.1) is 6.42 Å². The molecule has 0 spiro atoms. The van der Waals surface area contributed by atoms with E-state index in [1.54, 1.807) is 16.7 Å². The molecule has 1 aromatic heterocycles. The summed E-state index contributed by atoms with van der Waals surface area (Å²) in [6.45, 7) is 2.39. The molecule has 21 heavy (non-hydrogen) atoms. The lowest BCUT2D eigenvalue weighted by Crippen LogP contribution is -2.06. The summed E-state index contributed by atoms with van der Waals surface area (Å²) in [6, 6.07) is 5.99. The van der Waals surface area contributed by atoms with E-state index >= 15 is 0 Å². The van der Waals surface area contributed by atoms with Crippen LogP contribution < -0.4 is 5.73 Å². The van der Waals surface area contributed by atoms with Crippen LogP contribution in [0.1, 0.15) is 31.2 Å². The van der Waals surface area contributed by atoms with E-state index in [2.05, 4.69) is 10.9 Å². The van der Waals surface area contributed by atoms with Crippen molar-refractivity contribution in [3.8, 4) is 23.6 Å². The molecular formula is C16H17F2N3. The molecule has 0 aliphatic rings. The molecule has 2 aromatic rings. The predicted octanol–water partition coefficient (Wildman–Crippen LogP) is 3.66. The van der Waals surface area contributed by atoms with Gasteiger partial charge in [0.05, 0.1) is 6.54 Å². The Hall–Kier alpha value is -2.35. The van der Waals surface area contributed by atoms with E-state index in [9.17, 15) is 8.78 Å². The summed E-state index contributed by atoms with van der Waals surface area (Å²) in [5.74, 6) is 3.85. The van der Waals surface area contributed by atoms with Crippen molar-refractivity contribution in [3.05, 3.63) is 35.7 Å². The van der Waals surface area contributed by atoms with Gasteiger partial charge in [0.15, 0.2) is 0 Å². The van der Waals surface area contributed by atoms with E-state index in [1.807, 2.05) is 6.92 Å². The zero-order valence-corrected chi connectivity index (χ0v) is 11.8. The Balaban J connectivity index is 2.43. The van der Waals surface area contributed by atoms with Gasteiger partial charge in [0.2, 0.25) is 0 Å². The number of nitrogens with zero attached hydrogens (tertiary/aromatic N) is 2. The minimum Gasteiger partial charge on any atom is -0.383 e. The normalized spacial score (nSPS) is 10.8. The molecule has 0 fully saturated rings. The van der Waals surface area contributed by atoms with Crippen LogP contribution in [0.4, 0.5) is 14.6 Å². The average Bonchev–Trinajstić information content (AvgIpc) is 2.77. The Labute approximate surface area is 122 Å². The monoisotopic (exact) mass is 289 g/mol. The van der Waals surface area contributed by atoms with Crippen molar-refractivity contribution in [1.29, 1.82) is 0 Å². The number of benzene rings is 1. The smallest absolute Gasteiger partial charge is 0.263 e. The van der Waals surface area contributed by atoms with Crippen molar-refractivity contribution in [2.75, 3.05) is 5.73 Å². The molecule has 1 heterocycles. The number of rotatable bonds is 5. The molecule has 2 rings (SSSR count). The fourth-order valence-electron chi connectivity index (χ4n) is 2.19. The SMILES string of the molecule is C#CCn1c(CCC)nc(-c2ccc(C(F)F)cc2)c1N. The third kappa shape index (κ3) is 3.05. The van der Waals surface area contributed by atoms with Gasteiger partial charge in [0.25, 0.3) is 6.43 Å². The van der Waals surface area contributed by atoms with Crippen LogP contribution in [0.25, 0.3) is 11.3 Å². The van der Waals surface area contributed by atoms with Crippen LogP contribution >= 0.6 is 0 Å². The van der Waals surface area contributed by atoms with Crippen molar-refractivity contribution in [2.45, 2.75) is 32.7 Å². The summed E-state index contributed by atoms with van der Waals surface area (Å²) >= 11 is 0. The van der Waals surface area contributed by atoms with Crippen LogP contribution in [0.3, 0.4) is 0 Å². The lowest BCUT2D eigenvalue weighted by atomic mass is 10.1. The van der Waals surface area contributed by atoms with Gasteiger partial charge in [0.1, 0.15) is 17.3 Å². The molecule has 0 aliphatic heterocycles. The molecule has 2 N–H and O–H groups in total. The molecule has 0 bridgehead atoms. The van der Waals surface area contributed by atoms with Crippen LogP contribution in [0.5, 0.6) is 0 Å². The lowest BCUT2D eigenvalue weighted by molar-refractivity contribution is 0.151. The molecule has 0 unspecified atom stereocenters. The fourth-order valence-corrected chi connectivity index (χ4v) is 2.19. The number of aryl methyl sites for hydroxylation is 1. The number of imidazole rings is 1. The van der Waals surface area contributed by atoms with Crippen LogP contribution in [0, 0.1) is 12.3 Å². The number of nitrogen functional groups attached to an aromatic ring is 1. The Kier molecular flexibility index (Phi) is 4.59. The quantitative estimate of drug-likeness (QED) is 0.854. The minimum absolute atomic E-state index is 0.0193. The highest BCUT2D eigenvalue weighted by atomic mass is 19.3. The van der Waals surface area contributed by atoms with Gasteiger partial charge >= 0.3 is 0 Å². The molecule has 0 saturated carbocycles. The van der Waals surface area contributed by atoms with E-state index in [-0.39, 0.29) is 5.56 Å². The van der Waals surface area contributed by atoms with Gasteiger partial charge in [-0.2, -0.15) is 0 Å². The second-order valence-electron chi connectivity index (χ2n) is 4.72. The first kappa shape index (κ1) is 15.0. The van der Waals surface area contributed by atoms with Gasteiger partial charge < -0.3 is 10.3 Å². The number of halogens is 2. The topological polar surface area (TPSA) is 43.8 Å². The first-order valence-corrected chi connectivity index (χ1v) is 6.75. The molecule has 110 valence electrons. The van der Waals surface area contributed by atoms with E-state index in [0.717, 1.165) is 18.7 Å². The molecule has 0 saturated heterocycles. The summed E-state index contributed by atoms with van der Waals surface area (Å²) < 4.78 is 27.0. The largest absolute Gasteiger partial charge is 0.383 e. The number of hydrogen-bond donors (Lipinski definition) is 1. The molecule has 1 aromatic carbocycles. The van der Waals surface area contributed by atoms with Gasteiger partial charge in [0, 0.05) is 17.5 Å². The van der Waals surface area contributed by atoms with Crippen molar-refractivity contribution >= 4 is 5.82 Å². The van der Waals surface area contributed by atoms with Crippen LogP contribution in [0.15, 0.2) is 24.3 Å². The second-order valence-corrected chi connectivity index (χ2v) is 4.72. The van der Waals surface area contributed by atoms with Crippen molar-refractivity contribution in [2.24, 2.45) is 0 Å². The zero-order chi connectivity index (χ0) is 15.4. The standard InChI is InChI=1S/C16H17F2N3/c1-3-5-13-20-14(16(19)21(13)10-4-2)11-6-8-12(9-7-11)15(17)18/h2,6-9,15H,3,5,10,19H2,1H3. The van der Waals surface area contributed by atoms with E-state index in [4.69, 9.17) is 12.2 Å². The van der Waals surface area contributed by atoms with Crippen molar-refractivity contribution in [1.82, 2.24) is 9.55 Å².